The molecule has 0 bridgehead atoms. The van der Waals surface area contributed by atoms with Crippen LogP contribution in [0.4, 0.5) is 0 Å². The Balaban J connectivity index is 1.80. The zero-order valence-electron chi connectivity index (χ0n) is 14.5. The number of nitrogens with one attached hydrogen (secondary N) is 1. The van der Waals surface area contributed by atoms with Gasteiger partial charge in [-0.1, -0.05) is 24.3 Å². The number of hydrogen-bond donors (Lipinski definition) is 1. The van der Waals surface area contributed by atoms with Crippen LogP contribution in [0.1, 0.15) is 5.56 Å². The molecule has 0 aromatic heterocycles. The summed E-state index contributed by atoms with van der Waals surface area (Å²) in [5.74, 6) is 1.53. The van der Waals surface area contributed by atoms with Gasteiger partial charge in [-0.15, -0.1) is 0 Å². The van der Waals surface area contributed by atoms with Crippen molar-refractivity contribution >= 4 is 12.0 Å². The van der Waals surface area contributed by atoms with Crippen molar-refractivity contribution in [2.75, 3.05) is 26.9 Å². The molecule has 0 aliphatic rings. The van der Waals surface area contributed by atoms with Crippen molar-refractivity contribution in [1.82, 2.24) is 5.32 Å². The van der Waals surface area contributed by atoms with Crippen LogP contribution in [0.3, 0.4) is 0 Å². The summed E-state index contributed by atoms with van der Waals surface area (Å²) in [7, 11) is 1.52. The maximum atomic E-state index is 11.8. The Hall–Kier alpha value is -3.46. The molecular weight excluding hydrogens is 332 g/mol. The number of nitriles is 1. The van der Waals surface area contributed by atoms with Gasteiger partial charge in [-0.05, 0) is 35.9 Å². The molecule has 0 aliphatic heterocycles. The zero-order chi connectivity index (χ0) is 18.6. The summed E-state index contributed by atoms with van der Waals surface area (Å²) >= 11 is 0. The molecule has 1 amide bonds. The van der Waals surface area contributed by atoms with Crippen LogP contribution in [-0.2, 0) is 4.79 Å². The third kappa shape index (κ3) is 6.21. The highest BCUT2D eigenvalue weighted by atomic mass is 16.5. The maximum absolute atomic E-state index is 11.8. The lowest BCUT2D eigenvalue weighted by Crippen LogP contribution is -2.26. The van der Waals surface area contributed by atoms with E-state index in [1.54, 1.807) is 24.3 Å². The number of hydrogen-bond acceptors (Lipinski definition) is 5. The first-order valence-electron chi connectivity index (χ1n) is 8.04. The number of rotatable bonds is 9. The van der Waals surface area contributed by atoms with Crippen LogP contribution >= 0.6 is 0 Å². The fourth-order valence-corrected chi connectivity index (χ4v) is 2.11. The number of para-hydroxylation sites is 1. The first-order chi connectivity index (χ1) is 12.7. The minimum absolute atomic E-state index is 0.0565. The molecular formula is C20H20N2O4. The molecule has 0 saturated carbocycles. The van der Waals surface area contributed by atoms with Gasteiger partial charge >= 0.3 is 0 Å². The van der Waals surface area contributed by atoms with E-state index >= 15 is 0 Å². The SMILES string of the molecule is COc1cc(/C=C/C(=O)NCCOc2ccccc2)ccc1OCC#N. The molecule has 1 N–H and O–H groups in total. The molecule has 0 atom stereocenters. The number of benzene rings is 2. The van der Waals surface area contributed by atoms with Crippen LogP contribution in [0.25, 0.3) is 6.08 Å². The van der Waals surface area contributed by atoms with E-state index in [0.29, 0.717) is 24.7 Å². The number of methoxy groups -OCH3 is 1. The van der Waals surface area contributed by atoms with Crippen molar-refractivity contribution in [3.63, 3.8) is 0 Å². The minimum Gasteiger partial charge on any atom is -0.493 e. The van der Waals surface area contributed by atoms with Gasteiger partial charge in [-0.3, -0.25) is 4.79 Å². The van der Waals surface area contributed by atoms with E-state index in [2.05, 4.69) is 5.32 Å². The van der Waals surface area contributed by atoms with Crippen LogP contribution in [-0.4, -0.2) is 32.8 Å². The van der Waals surface area contributed by atoms with Crippen LogP contribution in [0.5, 0.6) is 17.2 Å². The maximum Gasteiger partial charge on any atom is 0.244 e. The summed E-state index contributed by atoms with van der Waals surface area (Å²) in [6.07, 6.45) is 3.11. The van der Waals surface area contributed by atoms with Crippen LogP contribution < -0.4 is 19.5 Å². The molecule has 0 fully saturated rings. The van der Waals surface area contributed by atoms with E-state index in [1.807, 2.05) is 36.4 Å². The second-order valence-electron chi connectivity index (χ2n) is 5.14. The number of carbonyl (C=O) groups excluding carboxylic acids is 1. The average molecular weight is 352 g/mol. The minimum atomic E-state index is -0.217. The van der Waals surface area contributed by atoms with Crippen molar-refractivity contribution in [3.05, 3.63) is 60.2 Å². The van der Waals surface area contributed by atoms with E-state index in [9.17, 15) is 4.79 Å². The Morgan fingerprint density at radius 2 is 1.96 bits per heavy atom. The second kappa shape index (κ2) is 10.4. The van der Waals surface area contributed by atoms with Crippen molar-refractivity contribution in [3.8, 4) is 23.3 Å². The molecule has 2 aromatic carbocycles. The summed E-state index contributed by atoms with van der Waals surface area (Å²) in [6.45, 7) is 0.740. The average Bonchev–Trinajstić information content (AvgIpc) is 2.69. The Labute approximate surface area is 152 Å². The lowest BCUT2D eigenvalue weighted by Gasteiger charge is -2.09. The summed E-state index contributed by atoms with van der Waals surface area (Å²) in [6, 6.07) is 16.5. The van der Waals surface area contributed by atoms with Crippen LogP contribution in [0.2, 0.25) is 0 Å². The lowest BCUT2D eigenvalue weighted by atomic mass is 10.2. The standard InChI is InChI=1S/C20H20N2O4/c1-24-19-15-16(7-9-18(19)26-13-11-21)8-10-20(23)22-12-14-25-17-5-3-2-4-6-17/h2-10,15H,12-14H2,1H3,(H,22,23)/b10-8+. The summed E-state index contributed by atoms with van der Waals surface area (Å²) in [5.41, 5.74) is 0.779. The normalized spacial score (nSPS) is 10.2. The lowest BCUT2D eigenvalue weighted by molar-refractivity contribution is -0.116. The van der Waals surface area contributed by atoms with Gasteiger partial charge < -0.3 is 19.5 Å². The largest absolute Gasteiger partial charge is 0.493 e. The number of amides is 1. The predicted molar refractivity (Wildman–Crippen MR) is 98.1 cm³/mol. The molecule has 0 spiro atoms. The molecule has 0 heterocycles. The number of carbonyl (C=O) groups is 1. The highest BCUT2D eigenvalue weighted by Crippen LogP contribution is 2.28. The van der Waals surface area contributed by atoms with Gasteiger partial charge in [0.15, 0.2) is 18.1 Å². The smallest absolute Gasteiger partial charge is 0.244 e. The first-order valence-corrected chi connectivity index (χ1v) is 8.04. The molecule has 134 valence electrons. The molecule has 0 aliphatic carbocycles. The number of nitrogens with zero attached hydrogens (tertiary/aromatic N) is 1. The highest BCUT2D eigenvalue weighted by Gasteiger charge is 2.04. The van der Waals surface area contributed by atoms with Gasteiger partial charge in [0.2, 0.25) is 5.91 Å². The Kier molecular flexibility index (Phi) is 7.56. The first kappa shape index (κ1) is 18.9. The van der Waals surface area contributed by atoms with Crippen molar-refractivity contribution < 1.29 is 19.0 Å². The van der Waals surface area contributed by atoms with Crippen LogP contribution in [0, 0.1) is 11.3 Å². The van der Waals surface area contributed by atoms with Gasteiger partial charge in [0, 0.05) is 6.08 Å². The monoisotopic (exact) mass is 352 g/mol. The molecule has 26 heavy (non-hydrogen) atoms. The summed E-state index contributed by atoms with van der Waals surface area (Å²) < 4.78 is 16.0. The van der Waals surface area contributed by atoms with Gasteiger partial charge in [-0.25, -0.2) is 0 Å². The van der Waals surface area contributed by atoms with E-state index in [0.717, 1.165) is 11.3 Å². The fourth-order valence-electron chi connectivity index (χ4n) is 2.11. The quantitative estimate of drug-likeness (QED) is 0.554. The highest BCUT2D eigenvalue weighted by molar-refractivity contribution is 5.91. The molecule has 0 unspecified atom stereocenters. The van der Waals surface area contributed by atoms with Crippen molar-refractivity contribution in [2.45, 2.75) is 0 Å². The van der Waals surface area contributed by atoms with Crippen molar-refractivity contribution in [2.24, 2.45) is 0 Å². The van der Waals surface area contributed by atoms with Gasteiger partial charge in [0.25, 0.3) is 0 Å². The molecule has 6 heteroatoms. The third-order valence-corrected chi connectivity index (χ3v) is 3.32. The molecule has 2 aromatic rings. The second-order valence-corrected chi connectivity index (χ2v) is 5.14. The molecule has 0 saturated heterocycles. The molecule has 2 rings (SSSR count). The fraction of sp³-hybridized carbons (Fsp3) is 0.200. The predicted octanol–water partition coefficient (Wildman–Crippen LogP) is 2.81. The Morgan fingerprint density at radius 3 is 2.69 bits per heavy atom. The summed E-state index contributed by atoms with van der Waals surface area (Å²) in [5, 5.41) is 11.3. The van der Waals surface area contributed by atoms with E-state index < -0.39 is 0 Å². The topological polar surface area (TPSA) is 80.6 Å². The van der Waals surface area contributed by atoms with Gasteiger partial charge in [0.1, 0.15) is 18.4 Å². The number of ether oxygens (including phenoxy) is 3. The summed E-state index contributed by atoms with van der Waals surface area (Å²) in [4.78, 5) is 11.8. The van der Waals surface area contributed by atoms with E-state index in [1.165, 1.54) is 13.2 Å². The van der Waals surface area contributed by atoms with Crippen LogP contribution in [0.15, 0.2) is 54.6 Å². The third-order valence-electron chi connectivity index (χ3n) is 3.32. The Bertz CT molecular complexity index is 782. The zero-order valence-corrected chi connectivity index (χ0v) is 14.5. The Morgan fingerprint density at radius 1 is 1.15 bits per heavy atom. The van der Waals surface area contributed by atoms with Gasteiger partial charge in [0.05, 0.1) is 13.7 Å². The molecule has 0 radical (unpaired) electrons. The van der Waals surface area contributed by atoms with Crippen molar-refractivity contribution in [1.29, 1.82) is 5.26 Å². The van der Waals surface area contributed by atoms with E-state index in [4.69, 9.17) is 19.5 Å². The van der Waals surface area contributed by atoms with Gasteiger partial charge in [-0.2, -0.15) is 5.26 Å². The molecule has 6 nitrogen and oxygen atoms in total. The van der Waals surface area contributed by atoms with E-state index in [-0.39, 0.29) is 12.5 Å².